The van der Waals surface area contributed by atoms with Crippen molar-refractivity contribution in [3.8, 4) is 5.75 Å². The number of likely N-dealkylation sites (N-methyl/N-ethyl adjacent to an activating group) is 1. The molecule has 1 amide bonds. The largest absolute Gasteiger partial charge is 0.481 e. The van der Waals surface area contributed by atoms with Gasteiger partial charge in [-0.05, 0) is 12.1 Å². The van der Waals surface area contributed by atoms with Crippen LogP contribution in [0.2, 0.25) is 0 Å². The lowest BCUT2D eigenvalue weighted by molar-refractivity contribution is -0.120. The van der Waals surface area contributed by atoms with Gasteiger partial charge in [0.2, 0.25) is 0 Å². The number of anilines is 1. The van der Waals surface area contributed by atoms with Crippen molar-refractivity contribution in [1.82, 2.24) is 10.2 Å². The molecule has 1 aliphatic heterocycles. The summed E-state index contributed by atoms with van der Waals surface area (Å²) < 4.78 is 5.34. The number of nitrogens with zero attached hydrogens (tertiary/aromatic N) is 2. The topological polar surface area (TPSA) is 58.2 Å². The van der Waals surface area contributed by atoms with Crippen LogP contribution in [-0.4, -0.2) is 29.8 Å². The van der Waals surface area contributed by atoms with E-state index in [4.69, 9.17) is 4.74 Å². The molecule has 16 heavy (non-hydrogen) atoms. The van der Waals surface area contributed by atoms with Crippen LogP contribution in [0.25, 0.3) is 10.9 Å². The van der Waals surface area contributed by atoms with Gasteiger partial charge in [0, 0.05) is 12.4 Å². The molecule has 2 heterocycles. The van der Waals surface area contributed by atoms with Gasteiger partial charge < -0.3 is 9.64 Å². The number of nitrogens with one attached hydrogen (secondary N) is 1. The Morgan fingerprint density at radius 1 is 1.50 bits per heavy atom. The zero-order valence-electron chi connectivity index (χ0n) is 8.56. The van der Waals surface area contributed by atoms with E-state index in [0.29, 0.717) is 5.75 Å². The predicted octanol–water partition coefficient (Wildman–Crippen LogP) is 1.34. The molecule has 1 aromatic carbocycles. The van der Waals surface area contributed by atoms with Gasteiger partial charge in [0.15, 0.2) is 6.61 Å². The minimum atomic E-state index is -0.0513. The number of fused-ring (bicyclic) bond motifs is 3. The fraction of sp³-hybridized carbons (Fsp3) is 0.200. The fourth-order valence-electron chi connectivity index (χ4n) is 1.79. The Labute approximate surface area is 97.8 Å². The second-order valence-corrected chi connectivity index (χ2v) is 3.49. The van der Waals surface area contributed by atoms with Crippen LogP contribution in [0.4, 0.5) is 5.69 Å². The van der Waals surface area contributed by atoms with E-state index in [-0.39, 0.29) is 24.9 Å². The zero-order chi connectivity index (χ0) is 10.4. The summed E-state index contributed by atoms with van der Waals surface area (Å²) in [6, 6.07) is 3.78. The molecule has 84 valence electrons. The Morgan fingerprint density at radius 2 is 2.31 bits per heavy atom. The van der Waals surface area contributed by atoms with Crippen LogP contribution >= 0.6 is 12.4 Å². The maximum Gasteiger partial charge on any atom is 0.264 e. The second-order valence-electron chi connectivity index (χ2n) is 3.49. The Kier molecular flexibility index (Phi) is 2.47. The van der Waals surface area contributed by atoms with Crippen LogP contribution < -0.4 is 9.64 Å². The quantitative estimate of drug-likeness (QED) is 0.755. The fourth-order valence-corrected chi connectivity index (χ4v) is 1.79. The predicted molar refractivity (Wildman–Crippen MR) is 62.2 cm³/mol. The lowest BCUT2D eigenvalue weighted by Crippen LogP contribution is -2.35. The molecular formula is C10H10ClN3O2. The number of aromatic amines is 1. The molecule has 3 rings (SSSR count). The van der Waals surface area contributed by atoms with Gasteiger partial charge in [-0.15, -0.1) is 12.4 Å². The van der Waals surface area contributed by atoms with Gasteiger partial charge >= 0.3 is 0 Å². The van der Waals surface area contributed by atoms with Crippen LogP contribution in [0.3, 0.4) is 0 Å². The summed E-state index contributed by atoms with van der Waals surface area (Å²) in [4.78, 5) is 13.1. The van der Waals surface area contributed by atoms with Crippen molar-refractivity contribution in [3.05, 3.63) is 18.3 Å². The number of rotatable bonds is 0. The van der Waals surface area contributed by atoms with Gasteiger partial charge in [-0.3, -0.25) is 9.89 Å². The molecule has 0 fully saturated rings. The summed E-state index contributed by atoms with van der Waals surface area (Å²) in [5.74, 6) is 0.665. The molecule has 0 radical (unpaired) electrons. The average molecular weight is 240 g/mol. The van der Waals surface area contributed by atoms with E-state index in [1.807, 2.05) is 12.1 Å². The van der Waals surface area contributed by atoms with Gasteiger partial charge in [0.1, 0.15) is 11.4 Å². The van der Waals surface area contributed by atoms with Gasteiger partial charge in [0.25, 0.3) is 5.91 Å². The maximum atomic E-state index is 11.5. The second kappa shape index (κ2) is 3.68. The van der Waals surface area contributed by atoms with Crippen LogP contribution in [0, 0.1) is 0 Å². The first kappa shape index (κ1) is 10.8. The molecular weight excluding hydrogens is 230 g/mol. The van der Waals surface area contributed by atoms with Crippen molar-refractivity contribution in [2.75, 3.05) is 18.6 Å². The van der Waals surface area contributed by atoms with Gasteiger partial charge in [-0.2, -0.15) is 5.10 Å². The first-order chi connectivity index (χ1) is 7.27. The normalized spacial score (nSPS) is 14.3. The molecule has 0 atom stereocenters. The molecule has 0 bridgehead atoms. The Morgan fingerprint density at radius 3 is 3.12 bits per heavy atom. The van der Waals surface area contributed by atoms with Crippen LogP contribution in [0.15, 0.2) is 18.3 Å². The van der Waals surface area contributed by atoms with Crippen molar-refractivity contribution in [1.29, 1.82) is 0 Å². The molecule has 6 heteroatoms. The molecule has 0 spiro atoms. The van der Waals surface area contributed by atoms with E-state index < -0.39 is 0 Å². The molecule has 1 N–H and O–H groups in total. The van der Waals surface area contributed by atoms with Gasteiger partial charge in [-0.1, -0.05) is 0 Å². The van der Waals surface area contributed by atoms with Crippen molar-refractivity contribution in [2.45, 2.75) is 0 Å². The molecule has 0 aliphatic carbocycles. The van der Waals surface area contributed by atoms with Crippen LogP contribution in [0.5, 0.6) is 5.75 Å². The van der Waals surface area contributed by atoms with Crippen LogP contribution in [-0.2, 0) is 4.79 Å². The average Bonchev–Trinajstić information content (AvgIpc) is 2.70. The third kappa shape index (κ3) is 1.32. The minimum Gasteiger partial charge on any atom is -0.481 e. The highest BCUT2D eigenvalue weighted by Crippen LogP contribution is 2.36. The summed E-state index contributed by atoms with van der Waals surface area (Å²) in [7, 11) is 1.74. The monoisotopic (exact) mass is 239 g/mol. The van der Waals surface area contributed by atoms with Crippen molar-refractivity contribution >= 4 is 34.9 Å². The molecule has 0 saturated heterocycles. The number of hydrogen-bond donors (Lipinski definition) is 1. The SMILES string of the molecule is CN1C(=O)COc2ccc3cn[nH]c3c21.Cl. The lowest BCUT2D eigenvalue weighted by atomic mass is 10.2. The number of halogens is 1. The Bertz CT molecular complexity index is 552. The summed E-state index contributed by atoms with van der Waals surface area (Å²) in [6.07, 6.45) is 1.72. The van der Waals surface area contributed by atoms with E-state index in [2.05, 4.69) is 10.2 Å². The summed E-state index contributed by atoms with van der Waals surface area (Å²) in [5.41, 5.74) is 1.60. The molecule has 1 aliphatic rings. The maximum absolute atomic E-state index is 11.5. The molecule has 1 aromatic heterocycles. The summed E-state index contributed by atoms with van der Waals surface area (Å²) in [5, 5.41) is 7.80. The zero-order valence-corrected chi connectivity index (χ0v) is 9.37. The molecule has 5 nitrogen and oxygen atoms in total. The highest BCUT2D eigenvalue weighted by atomic mass is 35.5. The minimum absolute atomic E-state index is 0. The van der Waals surface area contributed by atoms with Crippen molar-refractivity contribution < 1.29 is 9.53 Å². The highest BCUT2D eigenvalue weighted by molar-refractivity contribution is 6.06. The highest BCUT2D eigenvalue weighted by Gasteiger charge is 2.24. The first-order valence-corrected chi connectivity index (χ1v) is 4.63. The van der Waals surface area contributed by atoms with Crippen molar-refractivity contribution in [2.24, 2.45) is 0 Å². The Balaban J connectivity index is 0.000000963. The molecule has 2 aromatic rings. The number of benzene rings is 1. The van der Waals surface area contributed by atoms with E-state index in [9.17, 15) is 4.79 Å². The van der Waals surface area contributed by atoms with E-state index >= 15 is 0 Å². The lowest BCUT2D eigenvalue weighted by Gasteiger charge is -2.26. The Hall–Kier alpha value is -1.75. The number of aromatic nitrogens is 2. The van der Waals surface area contributed by atoms with Gasteiger partial charge in [0.05, 0.1) is 11.7 Å². The third-order valence-electron chi connectivity index (χ3n) is 2.61. The third-order valence-corrected chi connectivity index (χ3v) is 2.61. The van der Waals surface area contributed by atoms with Crippen LogP contribution in [0.1, 0.15) is 0 Å². The molecule has 0 unspecified atom stereocenters. The van der Waals surface area contributed by atoms with E-state index in [1.165, 1.54) is 0 Å². The smallest absolute Gasteiger partial charge is 0.264 e. The number of H-pyrrole nitrogens is 1. The molecule has 0 saturated carbocycles. The number of carbonyl (C=O) groups excluding carboxylic acids is 1. The van der Waals surface area contributed by atoms with Gasteiger partial charge in [-0.25, -0.2) is 0 Å². The van der Waals surface area contributed by atoms with E-state index in [1.54, 1.807) is 18.1 Å². The summed E-state index contributed by atoms with van der Waals surface area (Å²) >= 11 is 0. The summed E-state index contributed by atoms with van der Waals surface area (Å²) in [6.45, 7) is 0.100. The van der Waals surface area contributed by atoms with Crippen molar-refractivity contribution in [3.63, 3.8) is 0 Å². The number of carbonyl (C=O) groups is 1. The standard InChI is InChI=1S/C10H9N3O2.ClH/c1-13-8(14)5-15-7-3-2-6-4-11-12-9(6)10(7)13;/h2-4H,5H2,1H3,(H,11,12);1H. The number of amides is 1. The number of hydrogen-bond acceptors (Lipinski definition) is 3. The number of ether oxygens (including phenoxy) is 1. The van der Waals surface area contributed by atoms with E-state index in [0.717, 1.165) is 16.6 Å². The first-order valence-electron chi connectivity index (χ1n) is 4.63.